The lowest BCUT2D eigenvalue weighted by Gasteiger charge is -2.20. The van der Waals surface area contributed by atoms with Crippen molar-refractivity contribution in [2.45, 2.75) is 18.6 Å². The van der Waals surface area contributed by atoms with Crippen LogP contribution in [-0.2, 0) is 6.18 Å². The molecule has 0 aliphatic carbocycles. The fourth-order valence-electron chi connectivity index (χ4n) is 2.92. The fraction of sp³-hybridized carbons (Fsp3) is 0.538. The van der Waals surface area contributed by atoms with Gasteiger partial charge in [0, 0.05) is 24.8 Å². The third-order valence-electron chi connectivity index (χ3n) is 3.92. The molecule has 5 heteroatoms. The summed E-state index contributed by atoms with van der Waals surface area (Å²) >= 11 is 0. The number of hydrogen-bond donors (Lipinski definition) is 1. The van der Waals surface area contributed by atoms with Gasteiger partial charge in [-0.15, -0.1) is 0 Å². The van der Waals surface area contributed by atoms with E-state index in [0.717, 1.165) is 37.5 Å². The first-order chi connectivity index (χ1) is 8.54. The number of alkyl halides is 3. The van der Waals surface area contributed by atoms with Gasteiger partial charge in [-0.25, -0.2) is 0 Å². The molecule has 2 saturated heterocycles. The van der Waals surface area contributed by atoms with Gasteiger partial charge in [-0.1, -0.05) is 0 Å². The molecule has 2 fully saturated rings. The lowest BCUT2D eigenvalue weighted by molar-refractivity contribution is -0.137. The third kappa shape index (κ3) is 2.07. The zero-order chi connectivity index (χ0) is 12.8. The number of nitrogens with one attached hydrogen (secondary N) is 1. The fourth-order valence-corrected chi connectivity index (χ4v) is 2.92. The second kappa shape index (κ2) is 4.16. The monoisotopic (exact) mass is 256 g/mol. The summed E-state index contributed by atoms with van der Waals surface area (Å²) in [5.41, 5.74) is 0.308. The first kappa shape index (κ1) is 11.8. The van der Waals surface area contributed by atoms with E-state index in [0.29, 0.717) is 12.0 Å². The van der Waals surface area contributed by atoms with Crippen LogP contribution in [0.1, 0.15) is 12.0 Å². The van der Waals surface area contributed by atoms with Crippen molar-refractivity contribution >= 4 is 5.69 Å². The van der Waals surface area contributed by atoms with E-state index in [4.69, 9.17) is 0 Å². The number of nitrogens with zero attached hydrogens (tertiary/aromatic N) is 1. The average Bonchev–Trinajstić information content (AvgIpc) is 2.88. The van der Waals surface area contributed by atoms with Gasteiger partial charge in [0.05, 0.1) is 5.56 Å². The zero-order valence-electron chi connectivity index (χ0n) is 9.87. The van der Waals surface area contributed by atoms with Crippen molar-refractivity contribution in [2.75, 3.05) is 24.5 Å². The molecule has 0 radical (unpaired) electrons. The maximum absolute atomic E-state index is 12.5. The molecule has 1 aromatic rings. The van der Waals surface area contributed by atoms with Gasteiger partial charge >= 0.3 is 6.18 Å². The highest BCUT2D eigenvalue weighted by Crippen LogP contribution is 2.33. The number of benzene rings is 1. The molecule has 1 aromatic carbocycles. The molecule has 0 spiro atoms. The Morgan fingerprint density at radius 3 is 2.44 bits per heavy atom. The summed E-state index contributed by atoms with van der Waals surface area (Å²) in [6, 6.07) is 5.98. The first-order valence-electron chi connectivity index (χ1n) is 6.19. The number of hydrogen-bond acceptors (Lipinski definition) is 2. The zero-order valence-corrected chi connectivity index (χ0v) is 9.87. The van der Waals surface area contributed by atoms with Crippen molar-refractivity contribution in [3.05, 3.63) is 29.8 Å². The summed E-state index contributed by atoms with van der Waals surface area (Å²) in [4.78, 5) is 2.17. The quantitative estimate of drug-likeness (QED) is 0.830. The Balaban J connectivity index is 1.74. The SMILES string of the molecule is FC(F)(F)c1ccc(N2CC3CCNC3C2)cc1. The smallest absolute Gasteiger partial charge is 0.370 e. The van der Waals surface area contributed by atoms with Gasteiger partial charge in [0.15, 0.2) is 0 Å². The van der Waals surface area contributed by atoms with Crippen LogP contribution in [0.5, 0.6) is 0 Å². The Morgan fingerprint density at radius 1 is 1.11 bits per heavy atom. The van der Waals surface area contributed by atoms with E-state index >= 15 is 0 Å². The lowest BCUT2D eigenvalue weighted by atomic mass is 10.1. The highest BCUT2D eigenvalue weighted by molar-refractivity contribution is 5.49. The number of halogens is 3. The van der Waals surface area contributed by atoms with Crippen molar-refractivity contribution < 1.29 is 13.2 Å². The highest BCUT2D eigenvalue weighted by Gasteiger charge is 2.36. The molecule has 18 heavy (non-hydrogen) atoms. The van der Waals surface area contributed by atoms with Crippen molar-refractivity contribution in [3.8, 4) is 0 Å². The topological polar surface area (TPSA) is 15.3 Å². The number of rotatable bonds is 1. The molecule has 2 nitrogen and oxygen atoms in total. The van der Waals surface area contributed by atoms with E-state index in [-0.39, 0.29) is 0 Å². The molecule has 2 atom stereocenters. The Bertz CT molecular complexity index is 415. The van der Waals surface area contributed by atoms with E-state index < -0.39 is 11.7 Å². The van der Waals surface area contributed by atoms with Gasteiger partial charge in [-0.05, 0) is 43.1 Å². The molecule has 98 valence electrons. The summed E-state index contributed by atoms with van der Waals surface area (Å²) in [5, 5.41) is 3.43. The summed E-state index contributed by atoms with van der Waals surface area (Å²) in [6.45, 7) is 2.91. The Hall–Kier alpha value is -1.23. The lowest BCUT2D eigenvalue weighted by Crippen LogP contribution is -2.30. The summed E-state index contributed by atoms with van der Waals surface area (Å²) in [5.74, 6) is 0.646. The molecule has 2 aliphatic rings. The van der Waals surface area contributed by atoms with E-state index in [1.807, 2.05) is 0 Å². The van der Waals surface area contributed by atoms with Crippen LogP contribution in [0.3, 0.4) is 0 Å². The van der Waals surface area contributed by atoms with Crippen LogP contribution in [-0.4, -0.2) is 25.7 Å². The Morgan fingerprint density at radius 2 is 1.83 bits per heavy atom. The summed E-state index contributed by atoms with van der Waals surface area (Å²) in [6.07, 6.45) is -3.08. The molecule has 2 unspecified atom stereocenters. The molecule has 2 heterocycles. The van der Waals surface area contributed by atoms with Crippen LogP contribution >= 0.6 is 0 Å². The van der Waals surface area contributed by atoms with Gasteiger partial charge < -0.3 is 10.2 Å². The van der Waals surface area contributed by atoms with Crippen LogP contribution < -0.4 is 10.2 Å². The minimum Gasteiger partial charge on any atom is -0.370 e. The van der Waals surface area contributed by atoms with Crippen LogP contribution in [0.4, 0.5) is 18.9 Å². The van der Waals surface area contributed by atoms with Crippen molar-refractivity contribution in [1.82, 2.24) is 5.32 Å². The largest absolute Gasteiger partial charge is 0.416 e. The molecule has 0 amide bonds. The standard InChI is InChI=1S/C13H15F3N2/c14-13(15,16)10-1-3-11(4-2-10)18-7-9-5-6-17-12(9)8-18/h1-4,9,12,17H,5-8H2. The molecule has 3 rings (SSSR count). The van der Waals surface area contributed by atoms with Gasteiger partial charge in [0.2, 0.25) is 0 Å². The second-order valence-electron chi connectivity index (χ2n) is 5.06. The normalized spacial score (nSPS) is 27.6. The molecular weight excluding hydrogens is 241 g/mol. The third-order valence-corrected chi connectivity index (χ3v) is 3.92. The van der Waals surface area contributed by atoms with E-state index in [9.17, 15) is 13.2 Å². The first-order valence-corrected chi connectivity index (χ1v) is 6.19. The van der Waals surface area contributed by atoms with E-state index in [1.54, 1.807) is 12.1 Å². The molecule has 0 saturated carbocycles. The maximum Gasteiger partial charge on any atom is 0.416 e. The van der Waals surface area contributed by atoms with Gasteiger partial charge in [0.1, 0.15) is 0 Å². The van der Waals surface area contributed by atoms with Crippen molar-refractivity contribution in [3.63, 3.8) is 0 Å². The average molecular weight is 256 g/mol. The predicted molar refractivity (Wildman–Crippen MR) is 63.6 cm³/mol. The minimum absolute atomic E-state index is 0.507. The minimum atomic E-state index is -4.25. The van der Waals surface area contributed by atoms with Gasteiger partial charge in [-0.2, -0.15) is 13.2 Å². The Labute approximate surface area is 104 Å². The predicted octanol–water partition coefficient (Wildman–Crippen LogP) is 2.50. The highest BCUT2D eigenvalue weighted by atomic mass is 19.4. The molecule has 0 bridgehead atoms. The van der Waals surface area contributed by atoms with Crippen LogP contribution in [0.15, 0.2) is 24.3 Å². The maximum atomic E-state index is 12.5. The van der Waals surface area contributed by atoms with Crippen LogP contribution in [0.2, 0.25) is 0 Å². The van der Waals surface area contributed by atoms with Crippen molar-refractivity contribution in [1.29, 1.82) is 0 Å². The van der Waals surface area contributed by atoms with E-state index in [2.05, 4.69) is 10.2 Å². The Kier molecular flexibility index (Phi) is 2.73. The summed E-state index contributed by atoms with van der Waals surface area (Å²) in [7, 11) is 0. The van der Waals surface area contributed by atoms with Gasteiger partial charge in [0.25, 0.3) is 0 Å². The molecular formula is C13H15F3N2. The van der Waals surface area contributed by atoms with Crippen LogP contribution in [0, 0.1) is 5.92 Å². The van der Waals surface area contributed by atoms with E-state index in [1.165, 1.54) is 6.42 Å². The molecule has 2 aliphatic heterocycles. The molecule has 0 aromatic heterocycles. The van der Waals surface area contributed by atoms with Crippen LogP contribution in [0.25, 0.3) is 0 Å². The second-order valence-corrected chi connectivity index (χ2v) is 5.06. The van der Waals surface area contributed by atoms with Crippen molar-refractivity contribution in [2.24, 2.45) is 5.92 Å². The molecule has 1 N–H and O–H groups in total. The summed E-state index contributed by atoms with van der Waals surface area (Å²) < 4.78 is 37.4. The van der Waals surface area contributed by atoms with Gasteiger partial charge in [-0.3, -0.25) is 0 Å². The number of fused-ring (bicyclic) bond motifs is 1. The number of anilines is 1.